The van der Waals surface area contributed by atoms with Crippen LogP contribution in [0.15, 0.2) is 74.5 Å². The minimum Gasteiger partial charge on any atom is -0.454 e. The number of nitro benzene ring substituents is 1. The summed E-state index contributed by atoms with van der Waals surface area (Å²) in [5.74, 6) is 0.791. The van der Waals surface area contributed by atoms with E-state index in [-0.39, 0.29) is 12.5 Å². The van der Waals surface area contributed by atoms with Crippen LogP contribution in [0.3, 0.4) is 0 Å². The van der Waals surface area contributed by atoms with E-state index in [1.54, 1.807) is 10.7 Å². The third-order valence-electron chi connectivity index (χ3n) is 5.44. The molecule has 0 spiro atoms. The molecular weight excluding hydrogens is 532 g/mol. The van der Waals surface area contributed by atoms with Crippen LogP contribution < -0.4 is 14.3 Å². The monoisotopic (exact) mass is 550 g/mol. The largest absolute Gasteiger partial charge is 0.454 e. The molecule has 1 aliphatic rings. The van der Waals surface area contributed by atoms with Crippen molar-refractivity contribution in [3.05, 3.63) is 96.1 Å². The van der Waals surface area contributed by atoms with Gasteiger partial charge in [0.05, 0.1) is 34.1 Å². The number of nitrogens with zero attached hydrogens (tertiary/aromatic N) is 4. The van der Waals surface area contributed by atoms with Crippen molar-refractivity contribution in [2.75, 3.05) is 6.79 Å². The average molecular weight is 551 g/mol. The van der Waals surface area contributed by atoms with Gasteiger partial charge in [0.1, 0.15) is 0 Å². The summed E-state index contributed by atoms with van der Waals surface area (Å²) in [6.45, 7) is 4.05. The Morgan fingerprint density at radius 2 is 1.83 bits per heavy atom. The van der Waals surface area contributed by atoms with Crippen LogP contribution in [0.1, 0.15) is 16.7 Å². The molecule has 8 nitrogen and oxygen atoms in total. The van der Waals surface area contributed by atoms with E-state index < -0.39 is 4.92 Å². The van der Waals surface area contributed by atoms with E-state index in [2.05, 4.69) is 21.0 Å². The second-order valence-corrected chi connectivity index (χ2v) is 9.64. The van der Waals surface area contributed by atoms with Crippen molar-refractivity contribution in [3.8, 4) is 22.8 Å². The first-order chi connectivity index (χ1) is 16.9. The lowest BCUT2D eigenvalue weighted by Crippen LogP contribution is -2.12. The van der Waals surface area contributed by atoms with Crippen molar-refractivity contribution < 1.29 is 14.4 Å². The van der Waals surface area contributed by atoms with E-state index in [4.69, 9.17) is 14.5 Å². The molecule has 0 amide bonds. The number of hydrogen-bond donors (Lipinski definition) is 0. The topological polar surface area (TPSA) is 91.2 Å². The van der Waals surface area contributed by atoms with Crippen LogP contribution in [0.2, 0.25) is 0 Å². The molecule has 0 unspecified atom stereocenters. The zero-order valence-electron chi connectivity index (χ0n) is 18.8. The summed E-state index contributed by atoms with van der Waals surface area (Å²) >= 11 is 4.91. The minimum atomic E-state index is -0.460. The number of nitro groups is 1. The van der Waals surface area contributed by atoms with Gasteiger partial charge in [0, 0.05) is 15.4 Å². The molecule has 2 heterocycles. The highest BCUT2D eigenvalue weighted by Crippen LogP contribution is 2.37. The highest BCUT2D eigenvalue weighted by molar-refractivity contribution is 9.10. The molecule has 0 fully saturated rings. The molecule has 0 radical (unpaired) electrons. The van der Waals surface area contributed by atoms with Crippen LogP contribution in [0, 0.1) is 24.0 Å². The zero-order valence-corrected chi connectivity index (χ0v) is 21.2. The summed E-state index contributed by atoms with van der Waals surface area (Å²) in [7, 11) is 0. The summed E-state index contributed by atoms with van der Waals surface area (Å²) in [4.78, 5) is 16.7. The van der Waals surface area contributed by atoms with E-state index in [0.717, 1.165) is 32.5 Å². The van der Waals surface area contributed by atoms with Gasteiger partial charge in [0.25, 0.3) is 5.69 Å². The predicted molar refractivity (Wildman–Crippen MR) is 139 cm³/mol. The first kappa shape index (κ1) is 23.0. The Balaban J connectivity index is 1.67. The van der Waals surface area contributed by atoms with Crippen LogP contribution in [-0.2, 0) is 0 Å². The van der Waals surface area contributed by atoms with Gasteiger partial charge in [-0.05, 0) is 49.2 Å². The maximum absolute atomic E-state index is 11.7. The van der Waals surface area contributed by atoms with E-state index >= 15 is 0 Å². The molecule has 1 aromatic heterocycles. The lowest BCUT2D eigenvalue weighted by atomic mass is 10.1. The van der Waals surface area contributed by atoms with Gasteiger partial charge < -0.3 is 9.47 Å². The lowest BCUT2D eigenvalue weighted by Gasteiger charge is -2.05. The van der Waals surface area contributed by atoms with Gasteiger partial charge in [-0.3, -0.25) is 10.1 Å². The molecule has 1 aliphatic heterocycles. The number of fused-ring (bicyclic) bond motifs is 1. The number of rotatable bonds is 5. The predicted octanol–water partition coefficient (Wildman–Crippen LogP) is 6.35. The van der Waals surface area contributed by atoms with E-state index in [9.17, 15) is 10.1 Å². The molecule has 35 heavy (non-hydrogen) atoms. The van der Waals surface area contributed by atoms with Crippen molar-refractivity contribution in [2.24, 2.45) is 10.1 Å². The number of aryl methyl sites for hydroxylation is 2. The normalized spacial score (nSPS) is 13.1. The van der Waals surface area contributed by atoms with E-state index in [1.807, 2.05) is 61.7 Å². The van der Waals surface area contributed by atoms with Crippen LogP contribution in [0.25, 0.3) is 11.3 Å². The molecule has 0 saturated carbocycles. The van der Waals surface area contributed by atoms with Gasteiger partial charge in [-0.25, -0.2) is 9.67 Å². The van der Waals surface area contributed by atoms with Gasteiger partial charge in [-0.15, -0.1) is 11.3 Å². The molecule has 5 rings (SSSR count). The van der Waals surface area contributed by atoms with Crippen LogP contribution in [-0.4, -0.2) is 22.6 Å². The van der Waals surface area contributed by atoms with E-state index in [1.165, 1.54) is 23.6 Å². The summed E-state index contributed by atoms with van der Waals surface area (Å²) in [5.41, 5.74) is 4.91. The molecule has 0 saturated heterocycles. The summed E-state index contributed by atoms with van der Waals surface area (Å²) < 4.78 is 13.4. The molecule has 3 aromatic carbocycles. The first-order valence-corrected chi connectivity index (χ1v) is 12.3. The molecule has 0 bridgehead atoms. The van der Waals surface area contributed by atoms with Gasteiger partial charge in [-0.2, -0.15) is 5.10 Å². The molecule has 0 aliphatic carbocycles. The van der Waals surface area contributed by atoms with Crippen LogP contribution >= 0.6 is 27.3 Å². The Hall–Kier alpha value is -3.76. The second-order valence-electron chi connectivity index (χ2n) is 7.89. The highest BCUT2D eigenvalue weighted by atomic mass is 79.9. The maximum Gasteiger partial charge on any atom is 0.282 e. The fourth-order valence-electron chi connectivity index (χ4n) is 3.58. The van der Waals surface area contributed by atoms with E-state index in [0.29, 0.717) is 21.9 Å². The van der Waals surface area contributed by atoms with Crippen molar-refractivity contribution in [2.45, 2.75) is 13.8 Å². The van der Waals surface area contributed by atoms with Gasteiger partial charge >= 0.3 is 0 Å². The zero-order chi connectivity index (χ0) is 24.5. The highest BCUT2D eigenvalue weighted by Gasteiger charge is 2.22. The fraction of sp³-hybridized carbons (Fsp3) is 0.120. The molecular formula is C25H19BrN4O4S. The Kier molecular flexibility index (Phi) is 6.23. The van der Waals surface area contributed by atoms with Gasteiger partial charge in [0.15, 0.2) is 11.5 Å². The molecule has 0 N–H and O–H groups in total. The van der Waals surface area contributed by atoms with Crippen molar-refractivity contribution in [3.63, 3.8) is 0 Å². The molecule has 10 heteroatoms. The number of thiazole rings is 1. The number of ether oxygens (including phenoxy) is 2. The smallest absolute Gasteiger partial charge is 0.282 e. The second kappa shape index (κ2) is 9.47. The Bertz CT molecular complexity index is 1540. The molecule has 4 aromatic rings. The Labute approximate surface area is 213 Å². The maximum atomic E-state index is 11.7. The third-order valence-corrected chi connectivity index (χ3v) is 6.78. The van der Waals surface area contributed by atoms with Crippen molar-refractivity contribution in [1.29, 1.82) is 0 Å². The van der Waals surface area contributed by atoms with Crippen molar-refractivity contribution >= 4 is 44.9 Å². The fourth-order valence-corrected chi connectivity index (χ4v) is 4.69. The average Bonchev–Trinajstić information content (AvgIpc) is 3.46. The lowest BCUT2D eigenvalue weighted by molar-refractivity contribution is -0.385. The number of halogens is 1. The van der Waals surface area contributed by atoms with Crippen molar-refractivity contribution in [1.82, 2.24) is 4.68 Å². The number of benzene rings is 3. The summed E-state index contributed by atoms with van der Waals surface area (Å²) in [6.07, 6.45) is 1.46. The Morgan fingerprint density at radius 3 is 2.57 bits per heavy atom. The number of aromatic nitrogens is 1. The quantitative estimate of drug-likeness (QED) is 0.164. The van der Waals surface area contributed by atoms with Crippen LogP contribution in [0.5, 0.6) is 11.5 Å². The Morgan fingerprint density at radius 1 is 1.09 bits per heavy atom. The standard InChI is InChI=1S/C25H19BrN4O4S/c1-15-3-4-16(2)20(9-15)28-25-29(22(13-35-25)17-5-7-19(26)8-6-17)27-12-18-10-23-24(34-14-33-23)11-21(18)30(31)32/h3-13H,14H2,1-2H3. The van der Waals surface area contributed by atoms with Gasteiger partial charge in [0.2, 0.25) is 11.6 Å². The summed E-state index contributed by atoms with van der Waals surface area (Å²) in [6, 6.07) is 16.9. The summed E-state index contributed by atoms with van der Waals surface area (Å²) in [5, 5.41) is 18.3. The van der Waals surface area contributed by atoms with Crippen LogP contribution in [0.4, 0.5) is 11.4 Å². The first-order valence-electron chi connectivity index (χ1n) is 10.6. The number of hydrogen-bond acceptors (Lipinski definition) is 7. The van der Waals surface area contributed by atoms with Gasteiger partial charge in [-0.1, -0.05) is 40.2 Å². The molecule has 176 valence electrons. The molecule has 0 atom stereocenters. The SMILES string of the molecule is Cc1ccc(C)c(N=c2scc(-c3ccc(Br)cc3)n2N=Cc2cc3c(cc2[N+](=O)[O-])OCO3)c1. The minimum absolute atomic E-state index is 0.0267. The third kappa shape index (κ3) is 4.75.